The van der Waals surface area contributed by atoms with Crippen LogP contribution >= 0.6 is 12.4 Å². The lowest BCUT2D eigenvalue weighted by Crippen LogP contribution is -2.50. The van der Waals surface area contributed by atoms with Crippen LogP contribution in [0.1, 0.15) is 20.8 Å². The van der Waals surface area contributed by atoms with E-state index in [1.165, 1.54) is 0 Å². The number of carbonyl (C=O) groups excluding carboxylic acids is 1. The molecule has 1 fully saturated rings. The van der Waals surface area contributed by atoms with Gasteiger partial charge in [0.15, 0.2) is 0 Å². The molecule has 90 valence electrons. The zero-order valence-electron chi connectivity index (χ0n) is 9.66. The Morgan fingerprint density at radius 3 is 2.47 bits per heavy atom. The third-order valence-electron chi connectivity index (χ3n) is 2.47. The lowest BCUT2D eigenvalue weighted by atomic mass is 10.2. The van der Waals surface area contributed by atoms with Gasteiger partial charge in [0.25, 0.3) is 0 Å². The van der Waals surface area contributed by atoms with Crippen molar-refractivity contribution in [2.75, 3.05) is 26.2 Å². The van der Waals surface area contributed by atoms with Gasteiger partial charge in [-0.3, -0.25) is 4.79 Å². The van der Waals surface area contributed by atoms with Crippen LogP contribution < -0.4 is 5.32 Å². The fourth-order valence-electron chi connectivity index (χ4n) is 1.48. The second kappa shape index (κ2) is 7.04. The summed E-state index contributed by atoms with van der Waals surface area (Å²) in [5.41, 5.74) is 0. The molecule has 1 N–H and O–H groups in total. The number of carbonyl (C=O) groups is 1. The number of likely N-dealkylation sites (N-methyl/N-ethyl adjacent to an activating group) is 1. The number of ether oxygens (including phenoxy) is 1. The first-order chi connectivity index (χ1) is 6.65. The van der Waals surface area contributed by atoms with E-state index in [2.05, 4.69) is 5.32 Å². The summed E-state index contributed by atoms with van der Waals surface area (Å²) < 4.78 is 5.42. The highest BCUT2D eigenvalue weighted by Gasteiger charge is 2.21. The number of nitrogens with one attached hydrogen (secondary N) is 1. The fraction of sp³-hybridized carbons (Fsp3) is 0.900. The second-order valence-electron chi connectivity index (χ2n) is 3.86. The van der Waals surface area contributed by atoms with Gasteiger partial charge in [-0.25, -0.2) is 0 Å². The van der Waals surface area contributed by atoms with Gasteiger partial charge in [0, 0.05) is 25.7 Å². The monoisotopic (exact) mass is 236 g/mol. The molecule has 0 atom stereocenters. The Hall–Kier alpha value is -0.320. The van der Waals surface area contributed by atoms with Crippen molar-refractivity contribution in [1.82, 2.24) is 10.2 Å². The third-order valence-corrected chi connectivity index (χ3v) is 2.47. The lowest BCUT2D eigenvalue weighted by molar-refractivity contribution is -0.140. The van der Waals surface area contributed by atoms with Crippen LogP contribution in [-0.4, -0.2) is 49.2 Å². The van der Waals surface area contributed by atoms with E-state index in [0.29, 0.717) is 0 Å². The van der Waals surface area contributed by atoms with Crippen molar-refractivity contribution in [2.24, 2.45) is 0 Å². The molecule has 0 aromatic heterocycles. The normalized spacial score (nSPS) is 15.7. The third kappa shape index (κ3) is 4.36. The van der Waals surface area contributed by atoms with Crippen LogP contribution in [0.15, 0.2) is 0 Å². The highest BCUT2D eigenvalue weighted by atomic mass is 35.5. The summed E-state index contributed by atoms with van der Waals surface area (Å²) >= 11 is 0. The molecule has 0 aromatic rings. The predicted octanol–water partition coefficient (Wildman–Crippen LogP) is 0.653. The van der Waals surface area contributed by atoms with Gasteiger partial charge in [-0.1, -0.05) is 0 Å². The summed E-state index contributed by atoms with van der Waals surface area (Å²) in [6.07, 6.45) is 0.241. The molecule has 1 aliphatic rings. The van der Waals surface area contributed by atoms with E-state index in [4.69, 9.17) is 4.74 Å². The maximum atomic E-state index is 11.6. The van der Waals surface area contributed by atoms with Gasteiger partial charge < -0.3 is 15.0 Å². The molecule has 0 bridgehead atoms. The van der Waals surface area contributed by atoms with Gasteiger partial charge in [-0.2, -0.15) is 0 Å². The van der Waals surface area contributed by atoms with Crippen molar-refractivity contribution in [3.05, 3.63) is 0 Å². The van der Waals surface area contributed by atoms with E-state index in [0.717, 1.165) is 19.6 Å². The smallest absolute Gasteiger partial charge is 0.248 e. The SMILES string of the molecule is CCN(C(=O)COC1CNC1)C(C)C.Cl. The van der Waals surface area contributed by atoms with Crippen molar-refractivity contribution >= 4 is 18.3 Å². The van der Waals surface area contributed by atoms with E-state index in [1.807, 2.05) is 25.7 Å². The van der Waals surface area contributed by atoms with Crippen LogP contribution in [0.4, 0.5) is 0 Å². The molecule has 1 amide bonds. The topological polar surface area (TPSA) is 41.6 Å². The van der Waals surface area contributed by atoms with Crippen molar-refractivity contribution in [3.8, 4) is 0 Å². The van der Waals surface area contributed by atoms with Gasteiger partial charge in [0.1, 0.15) is 6.61 Å². The molecule has 0 unspecified atom stereocenters. The minimum atomic E-state index is 0. The Kier molecular flexibility index (Phi) is 6.89. The maximum absolute atomic E-state index is 11.6. The molecular formula is C10H21ClN2O2. The van der Waals surface area contributed by atoms with E-state index in [9.17, 15) is 4.79 Å². The van der Waals surface area contributed by atoms with E-state index in [-0.39, 0.29) is 37.1 Å². The van der Waals surface area contributed by atoms with Crippen molar-refractivity contribution in [3.63, 3.8) is 0 Å². The number of halogens is 1. The Morgan fingerprint density at radius 1 is 1.53 bits per heavy atom. The quantitative estimate of drug-likeness (QED) is 0.763. The Morgan fingerprint density at radius 2 is 2.13 bits per heavy atom. The maximum Gasteiger partial charge on any atom is 0.248 e. The Bertz CT molecular complexity index is 196. The molecule has 15 heavy (non-hydrogen) atoms. The summed E-state index contributed by atoms with van der Waals surface area (Å²) in [6, 6.07) is 0.260. The number of hydrogen-bond donors (Lipinski definition) is 1. The first kappa shape index (κ1) is 14.7. The number of nitrogens with zero attached hydrogens (tertiary/aromatic N) is 1. The Labute approximate surface area is 97.8 Å². The number of amides is 1. The predicted molar refractivity (Wildman–Crippen MR) is 62.4 cm³/mol. The first-order valence-electron chi connectivity index (χ1n) is 5.27. The highest BCUT2D eigenvalue weighted by Crippen LogP contribution is 2.02. The zero-order valence-corrected chi connectivity index (χ0v) is 10.5. The molecule has 1 saturated heterocycles. The molecule has 0 spiro atoms. The van der Waals surface area contributed by atoms with Crippen LogP contribution in [0.25, 0.3) is 0 Å². The average Bonchev–Trinajstić information content (AvgIpc) is 2.01. The van der Waals surface area contributed by atoms with E-state index >= 15 is 0 Å². The summed E-state index contributed by atoms with van der Waals surface area (Å²) in [5.74, 6) is 0.0920. The van der Waals surface area contributed by atoms with Crippen LogP contribution in [0, 0.1) is 0 Å². The molecular weight excluding hydrogens is 216 g/mol. The second-order valence-corrected chi connectivity index (χ2v) is 3.86. The van der Waals surface area contributed by atoms with Gasteiger partial charge >= 0.3 is 0 Å². The molecule has 1 aliphatic heterocycles. The largest absolute Gasteiger partial charge is 0.366 e. The molecule has 0 radical (unpaired) electrons. The molecule has 1 rings (SSSR count). The summed E-state index contributed by atoms with van der Waals surface area (Å²) in [6.45, 7) is 8.75. The summed E-state index contributed by atoms with van der Waals surface area (Å²) in [7, 11) is 0. The van der Waals surface area contributed by atoms with Crippen molar-refractivity contribution < 1.29 is 9.53 Å². The molecule has 1 heterocycles. The highest BCUT2D eigenvalue weighted by molar-refractivity contribution is 5.85. The van der Waals surface area contributed by atoms with E-state index < -0.39 is 0 Å². The van der Waals surface area contributed by atoms with Crippen LogP contribution in [0.5, 0.6) is 0 Å². The van der Waals surface area contributed by atoms with Crippen molar-refractivity contribution in [1.29, 1.82) is 0 Å². The minimum Gasteiger partial charge on any atom is -0.366 e. The average molecular weight is 237 g/mol. The standard InChI is InChI=1S/C10H20N2O2.ClH/c1-4-12(8(2)3)10(13)7-14-9-5-11-6-9;/h8-9,11H,4-7H2,1-3H3;1H. The van der Waals surface area contributed by atoms with Gasteiger partial charge in [0.2, 0.25) is 5.91 Å². The number of hydrogen-bond acceptors (Lipinski definition) is 3. The molecule has 0 aromatic carbocycles. The first-order valence-corrected chi connectivity index (χ1v) is 5.27. The summed E-state index contributed by atoms with van der Waals surface area (Å²) in [5, 5.41) is 3.10. The van der Waals surface area contributed by atoms with Crippen LogP contribution in [0.3, 0.4) is 0 Å². The van der Waals surface area contributed by atoms with E-state index in [1.54, 1.807) is 0 Å². The van der Waals surface area contributed by atoms with Crippen LogP contribution in [-0.2, 0) is 9.53 Å². The van der Waals surface area contributed by atoms with Gasteiger partial charge in [-0.15, -0.1) is 12.4 Å². The molecule has 4 nitrogen and oxygen atoms in total. The molecule has 0 saturated carbocycles. The lowest BCUT2D eigenvalue weighted by Gasteiger charge is -2.29. The zero-order chi connectivity index (χ0) is 10.6. The minimum absolute atomic E-state index is 0. The van der Waals surface area contributed by atoms with Gasteiger partial charge in [-0.05, 0) is 20.8 Å². The van der Waals surface area contributed by atoms with Gasteiger partial charge in [0.05, 0.1) is 6.10 Å². The van der Waals surface area contributed by atoms with Crippen molar-refractivity contribution in [2.45, 2.75) is 32.9 Å². The Balaban J connectivity index is 0.00000196. The fourth-order valence-corrected chi connectivity index (χ4v) is 1.48. The summed E-state index contributed by atoms with van der Waals surface area (Å²) in [4.78, 5) is 13.5. The number of rotatable bonds is 5. The molecule has 5 heteroatoms. The van der Waals surface area contributed by atoms with Crippen LogP contribution in [0.2, 0.25) is 0 Å². The molecule has 0 aliphatic carbocycles.